The number of Topliss-reactive ketones (excluding diaryl/α,β-unsaturated/α-hetero) is 1. The van der Waals surface area contributed by atoms with E-state index in [2.05, 4.69) is 0 Å². The lowest BCUT2D eigenvalue weighted by Gasteiger charge is -2.30. The highest BCUT2D eigenvalue weighted by atomic mass is 35.5. The van der Waals surface area contributed by atoms with Gasteiger partial charge < -0.3 is 0 Å². The quantitative estimate of drug-likeness (QED) is 0.398. The van der Waals surface area contributed by atoms with Crippen LogP contribution in [0.2, 0.25) is 5.02 Å². The van der Waals surface area contributed by atoms with Gasteiger partial charge in [-0.3, -0.25) is 19.2 Å². The number of amides is 3. The molecule has 2 heterocycles. The van der Waals surface area contributed by atoms with Crippen LogP contribution in [-0.4, -0.2) is 40.1 Å². The van der Waals surface area contributed by atoms with Crippen molar-refractivity contribution in [3.8, 4) is 0 Å². The van der Waals surface area contributed by atoms with E-state index in [1.807, 2.05) is 13.0 Å². The summed E-state index contributed by atoms with van der Waals surface area (Å²) in [6, 6.07) is 9.51. The van der Waals surface area contributed by atoms with Crippen molar-refractivity contribution in [2.75, 3.05) is 6.54 Å². The first-order valence-corrected chi connectivity index (χ1v) is 10.8. The molecule has 30 heavy (non-hydrogen) atoms. The third-order valence-electron chi connectivity index (χ3n) is 5.46. The molecule has 4 rings (SSSR count). The van der Waals surface area contributed by atoms with Gasteiger partial charge in [0.15, 0.2) is 5.78 Å². The Hall–Kier alpha value is -2.77. The maximum Gasteiger partial charge on any atom is 0.273 e. The molecule has 1 aromatic heterocycles. The molecule has 2 atom stereocenters. The lowest BCUT2D eigenvalue weighted by molar-refractivity contribution is -0.154. The predicted octanol–water partition coefficient (Wildman–Crippen LogP) is 3.98. The van der Waals surface area contributed by atoms with Gasteiger partial charge in [-0.05, 0) is 55.5 Å². The molecule has 0 radical (unpaired) electrons. The number of thiophene rings is 1. The van der Waals surface area contributed by atoms with E-state index in [1.54, 1.807) is 29.6 Å². The number of halogens is 1. The molecule has 2 aromatic rings. The molecular formula is C22H19ClN2O4S. The van der Waals surface area contributed by atoms with Crippen LogP contribution >= 0.6 is 22.9 Å². The fraction of sp³-hybridized carbons (Fsp3) is 0.273. The molecule has 0 bridgehead atoms. The zero-order valence-corrected chi connectivity index (χ0v) is 17.8. The van der Waals surface area contributed by atoms with Gasteiger partial charge in [0.05, 0.1) is 16.7 Å². The van der Waals surface area contributed by atoms with Gasteiger partial charge in [0, 0.05) is 10.6 Å². The number of benzene rings is 1. The standard InChI is InChI=1S/C22H19ClN2O4S/c1-13-4-9-16-17(11-13)22(29)25(21(16)28)24(12-18(26)19-3-2-10-30-19)20(27)14-5-7-15(23)8-6-14/h2-8,10,16-17H,9,11-12H2,1H3/t16-,17-/m0/s1. The van der Waals surface area contributed by atoms with Gasteiger partial charge in [-0.1, -0.05) is 29.3 Å². The van der Waals surface area contributed by atoms with Crippen LogP contribution < -0.4 is 0 Å². The molecule has 1 aliphatic carbocycles. The summed E-state index contributed by atoms with van der Waals surface area (Å²) in [6.07, 6.45) is 2.89. The summed E-state index contributed by atoms with van der Waals surface area (Å²) in [5.74, 6) is -2.80. The number of imide groups is 1. The minimum Gasteiger partial charge on any atom is -0.291 e. The lowest BCUT2D eigenvalue weighted by atomic mass is 9.82. The molecule has 1 saturated heterocycles. The van der Waals surface area contributed by atoms with Gasteiger partial charge in [-0.15, -0.1) is 11.3 Å². The normalized spacial score (nSPS) is 20.7. The average Bonchev–Trinajstić information content (AvgIpc) is 3.34. The first-order chi connectivity index (χ1) is 14.4. The monoisotopic (exact) mass is 442 g/mol. The summed E-state index contributed by atoms with van der Waals surface area (Å²) in [7, 11) is 0. The summed E-state index contributed by atoms with van der Waals surface area (Å²) in [5.41, 5.74) is 1.28. The summed E-state index contributed by atoms with van der Waals surface area (Å²) in [4.78, 5) is 52.8. The largest absolute Gasteiger partial charge is 0.291 e. The second kappa shape index (κ2) is 8.16. The molecular weight excluding hydrogens is 424 g/mol. The molecule has 1 aliphatic heterocycles. The Balaban J connectivity index is 1.69. The minimum atomic E-state index is -0.596. The molecule has 0 N–H and O–H groups in total. The Kier molecular flexibility index (Phi) is 5.58. The van der Waals surface area contributed by atoms with E-state index in [1.165, 1.54) is 23.5 Å². The molecule has 3 amide bonds. The molecule has 1 aromatic carbocycles. The first kappa shape index (κ1) is 20.5. The Morgan fingerprint density at radius 3 is 2.50 bits per heavy atom. The highest BCUT2D eigenvalue weighted by molar-refractivity contribution is 7.12. The van der Waals surface area contributed by atoms with Crippen LogP contribution in [0, 0.1) is 11.8 Å². The van der Waals surface area contributed by atoms with Crippen molar-refractivity contribution in [2.45, 2.75) is 19.8 Å². The van der Waals surface area contributed by atoms with Gasteiger partial charge >= 0.3 is 0 Å². The number of ketones is 1. The van der Waals surface area contributed by atoms with Crippen molar-refractivity contribution in [3.63, 3.8) is 0 Å². The fourth-order valence-electron chi connectivity index (χ4n) is 3.88. The van der Waals surface area contributed by atoms with Gasteiger partial charge in [-0.2, -0.15) is 5.01 Å². The second-order valence-electron chi connectivity index (χ2n) is 7.46. The predicted molar refractivity (Wildman–Crippen MR) is 113 cm³/mol. The van der Waals surface area contributed by atoms with Gasteiger partial charge in [-0.25, -0.2) is 5.01 Å². The van der Waals surface area contributed by atoms with Crippen LogP contribution in [0.15, 0.2) is 53.4 Å². The molecule has 154 valence electrons. The van der Waals surface area contributed by atoms with E-state index in [9.17, 15) is 19.2 Å². The average molecular weight is 443 g/mol. The molecule has 1 fully saturated rings. The van der Waals surface area contributed by atoms with Crippen molar-refractivity contribution >= 4 is 46.4 Å². The Bertz CT molecular complexity index is 1050. The molecule has 8 heteroatoms. The van der Waals surface area contributed by atoms with Crippen LogP contribution in [0.4, 0.5) is 0 Å². The Morgan fingerprint density at radius 1 is 1.13 bits per heavy atom. The van der Waals surface area contributed by atoms with Gasteiger partial charge in [0.2, 0.25) is 0 Å². The van der Waals surface area contributed by atoms with Crippen LogP contribution in [0.1, 0.15) is 39.8 Å². The maximum atomic E-state index is 13.3. The van der Waals surface area contributed by atoms with E-state index in [0.717, 1.165) is 15.6 Å². The molecule has 0 unspecified atom stereocenters. The molecule has 0 spiro atoms. The number of carbonyl (C=O) groups is 4. The van der Waals surface area contributed by atoms with Crippen molar-refractivity contribution < 1.29 is 19.2 Å². The van der Waals surface area contributed by atoms with Crippen molar-refractivity contribution in [1.29, 1.82) is 0 Å². The third kappa shape index (κ3) is 3.70. The van der Waals surface area contributed by atoms with Gasteiger partial charge in [0.25, 0.3) is 17.7 Å². The van der Waals surface area contributed by atoms with Gasteiger partial charge in [0.1, 0.15) is 6.54 Å². The van der Waals surface area contributed by atoms with Crippen LogP contribution in [0.25, 0.3) is 0 Å². The van der Waals surface area contributed by atoms with Crippen LogP contribution in [-0.2, 0) is 9.59 Å². The van der Waals surface area contributed by atoms with Crippen molar-refractivity contribution in [2.24, 2.45) is 11.8 Å². The number of fused-ring (bicyclic) bond motifs is 1. The highest BCUT2D eigenvalue weighted by Crippen LogP contribution is 2.38. The number of rotatable bonds is 5. The molecule has 6 nitrogen and oxygen atoms in total. The van der Waals surface area contributed by atoms with Crippen molar-refractivity contribution in [1.82, 2.24) is 10.0 Å². The van der Waals surface area contributed by atoms with E-state index < -0.39 is 36.1 Å². The summed E-state index contributed by atoms with van der Waals surface area (Å²) >= 11 is 7.16. The first-order valence-electron chi connectivity index (χ1n) is 9.54. The SMILES string of the molecule is CC1=CC[C@@H]2C(=O)N(N(CC(=O)c3cccs3)C(=O)c3ccc(Cl)cc3)C(=O)[C@H]2C1. The van der Waals surface area contributed by atoms with E-state index in [-0.39, 0.29) is 11.3 Å². The topological polar surface area (TPSA) is 74.8 Å². The number of hydrazine groups is 1. The summed E-state index contributed by atoms with van der Waals surface area (Å²) in [6.45, 7) is 1.53. The fourth-order valence-corrected chi connectivity index (χ4v) is 4.67. The number of nitrogens with zero attached hydrogens (tertiary/aromatic N) is 2. The zero-order valence-electron chi connectivity index (χ0n) is 16.2. The Morgan fingerprint density at radius 2 is 1.83 bits per heavy atom. The number of hydrogen-bond donors (Lipinski definition) is 0. The van der Waals surface area contributed by atoms with Crippen LogP contribution in [0.3, 0.4) is 0 Å². The molecule has 0 saturated carbocycles. The number of carbonyl (C=O) groups excluding carboxylic acids is 4. The third-order valence-corrected chi connectivity index (χ3v) is 6.62. The molecule has 2 aliphatic rings. The zero-order chi connectivity index (χ0) is 21.4. The summed E-state index contributed by atoms with van der Waals surface area (Å²) < 4.78 is 0. The lowest BCUT2D eigenvalue weighted by Crippen LogP contribution is -2.52. The number of allylic oxidation sites excluding steroid dienone is 2. The Labute approximate surface area is 182 Å². The maximum absolute atomic E-state index is 13.3. The van der Waals surface area contributed by atoms with E-state index in [4.69, 9.17) is 11.6 Å². The van der Waals surface area contributed by atoms with E-state index in [0.29, 0.717) is 22.7 Å². The number of hydrogen-bond acceptors (Lipinski definition) is 5. The van der Waals surface area contributed by atoms with Crippen LogP contribution in [0.5, 0.6) is 0 Å². The summed E-state index contributed by atoms with van der Waals surface area (Å²) in [5, 5.41) is 4.09. The minimum absolute atomic E-state index is 0.239. The smallest absolute Gasteiger partial charge is 0.273 e. The highest BCUT2D eigenvalue weighted by Gasteiger charge is 2.51. The van der Waals surface area contributed by atoms with E-state index >= 15 is 0 Å². The van der Waals surface area contributed by atoms with Crippen molar-refractivity contribution in [3.05, 3.63) is 68.9 Å². The second-order valence-corrected chi connectivity index (χ2v) is 8.85.